The van der Waals surface area contributed by atoms with Gasteiger partial charge in [0.1, 0.15) is 0 Å². The zero-order chi connectivity index (χ0) is 21.5. The van der Waals surface area contributed by atoms with Crippen LogP contribution in [0.3, 0.4) is 0 Å². The zero-order valence-corrected chi connectivity index (χ0v) is 17.9. The number of ketones is 2. The van der Waals surface area contributed by atoms with Crippen molar-refractivity contribution in [3.05, 3.63) is 35.3 Å². The summed E-state index contributed by atoms with van der Waals surface area (Å²) in [5, 5.41) is 20.1. The van der Waals surface area contributed by atoms with Crippen molar-refractivity contribution in [3.63, 3.8) is 0 Å². The van der Waals surface area contributed by atoms with Gasteiger partial charge in [-0.25, -0.2) is 0 Å². The molecule has 0 aromatic rings. The summed E-state index contributed by atoms with van der Waals surface area (Å²) >= 11 is 0. The third-order valence-corrected chi connectivity index (χ3v) is 7.84. The van der Waals surface area contributed by atoms with Crippen molar-refractivity contribution in [1.82, 2.24) is 0 Å². The molecule has 0 spiro atoms. The Balaban J connectivity index is 0.00000136. The summed E-state index contributed by atoms with van der Waals surface area (Å²) < 4.78 is 0. The largest absolute Gasteiger partial charge is 0.504 e. The predicted molar refractivity (Wildman–Crippen MR) is 111 cm³/mol. The first-order chi connectivity index (χ1) is 13.0. The van der Waals surface area contributed by atoms with Gasteiger partial charge in [-0.15, -0.1) is 0 Å². The summed E-state index contributed by atoms with van der Waals surface area (Å²) in [5.74, 6) is -2.39. The van der Waals surface area contributed by atoms with Gasteiger partial charge in [-0.2, -0.15) is 0 Å². The van der Waals surface area contributed by atoms with Crippen LogP contribution in [-0.4, -0.2) is 27.3 Å². The van der Waals surface area contributed by atoms with Crippen molar-refractivity contribution < 1.29 is 19.8 Å². The Bertz CT molecular complexity index is 765. The highest BCUT2D eigenvalue weighted by atomic mass is 16.3. The SMILES string of the molecule is C=C1CCCC2(N)C1(C)CCC(C)C2(C)CC1=C(O)C(=O)C=C(O)C1=O.CC. The van der Waals surface area contributed by atoms with E-state index in [1.807, 2.05) is 13.8 Å². The molecule has 5 heteroatoms. The van der Waals surface area contributed by atoms with E-state index < -0.39 is 34.0 Å². The number of aliphatic hydroxyl groups excluding tert-OH is 2. The summed E-state index contributed by atoms with van der Waals surface area (Å²) in [7, 11) is 0. The van der Waals surface area contributed by atoms with Crippen LogP contribution < -0.4 is 5.73 Å². The number of Topliss-reactive ketones (excluding diaryl/α,β-unsaturated/α-hetero) is 1. The van der Waals surface area contributed by atoms with E-state index in [0.717, 1.165) is 43.8 Å². The molecule has 0 heterocycles. The minimum Gasteiger partial charge on any atom is -0.504 e. The van der Waals surface area contributed by atoms with Crippen LogP contribution in [0.4, 0.5) is 0 Å². The molecule has 28 heavy (non-hydrogen) atoms. The molecule has 0 radical (unpaired) electrons. The quantitative estimate of drug-likeness (QED) is 0.470. The van der Waals surface area contributed by atoms with Gasteiger partial charge in [-0.1, -0.05) is 46.8 Å². The van der Waals surface area contributed by atoms with E-state index in [0.29, 0.717) is 0 Å². The number of rotatable bonds is 2. The fraction of sp³-hybridized carbons (Fsp3) is 0.652. The molecular weight excluding hydrogens is 354 g/mol. The lowest BCUT2D eigenvalue weighted by atomic mass is 9.42. The number of carbonyl (C=O) groups excluding carboxylic acids is 2. The molecule has 3 aliphatic rings. The van der Waals surface area contributed by atoms with Crippen LogP contribution >= 0.6 is 0 Å². The van der Waals surface area contributed by atoms with Gasteiger partial charge in [0.15, 0.2) is 11.5 Å². The van der Waals surface area contributed by atoms with Gasteiger partial charge < -0.3 is 15.9 Å². The Kier molecular flexibility index (Phi) is 6.01. The number of hydrogen-bond acceptors (Lipinski definition) is 5. The highest BCUT2D eigenvalue weighted by molar-refractivity contribution is 6.20. The van der Waals surface area contributed by atoms with E-state index >= 15 is 0 Å². The second-order valence-electron chi connectivity index (χ2n) is 8.84. The summed E-state index contributed by atoms with van der Waals surface area (Å²) in [6.07, 6.45) is 5.53. The summed E-state index contributed by atoms with van der Waals surface area (Å²) in [6.45, 7) is 14.6. The number of aliphatic hydroxyl groups is 2. The molecule has 5 nitrogen and oxygen atoms in total. The lowest BCUT2D eigenvalue weighted by Crippen LogP contribution is -2.70. The maximum absolute atomic E-state index is 12.5. The van der Waals surface area contributed by atoms with Crippen LogP contribution in [0.5, 0.6) is 0 Å². The van der Waals surface area contributed by atoms with Gasteiger partial charge in [-0.3, -0.25) is 9.59 Å². The molecule has 156 valence electrons. The van der Waals surface area contributed by atoms with Gasteiger partial charge in [-0.05, 0) is 49.9 Å². The monoisotopic (exact) mass is 389 g/mol. The normalized spacial score (nSPS) is 38.4. The second-order valence-corrected chi connectivity index (χ2v) is 8.84. The van der Waals surface area contributed by atoms with Gasteiger partial charge in [0.25, 0.3) is 0 Å². The van der Waals surface area contributed by atoms with Crippen molar-refractivity contribution in [1.29, 1.82) is 0 Å². The maximum Gasteiger partial charge on any atom is 0.227 e. The van der Waals surface area contributed by atoms with E-state index in [9.17, 15) is 19.8 Å². The first-order valence-corrected chi connectivity index (χ1v) is 10.4. The molecule has 2 fully saturated rings. The molecule has 0 aromatic heterocycles. The molecule has 3 aliphatic carbocycles. The topological polar surface area (TPSA) is 101 Å². The molecule has 0 aliphatic heterocycles. The number of allylic oxidation sites excluding steroid dienone is 2. The van der Waals surface area contributed by atoms with E-state index in [-0.39, 0.29) is 23.3 Å². The minimum atomic E-state index is -0.731. The van der Waals surface area contributed by atoms with E-state index in [1.165, 1.54) is 0 Å². The molecule has 2 saturated carbocycles. The number of carbonyl (C=O) groups is 2. The molecule has 4 atom stereocenters. The molecule has 0 aromatic carbocycles. The molecule has 0 amide bonds. The fourth-order valence-corrected chi connectivity index (χ4v) is 5.56. The first-order valence-electron chi connectivity index (χ1n) is 10.4. The van der Waals surface area contributed by atoms with Crippen LogP contribution in [-0.2, 0) is 9.59 Å². The first kappa shape index (κ1) is 22.4. The van der Waals surface area contributed by atoms with Crippen molar-refractivity contribution >= 4 is 11.6 Å². The third kappa shape index (κ3) is 2.95. The smallest absolute Gasteiger partial charge is 0.227 e. The molecule has 3 rings (SSSR count). The van der Waals surface area contributed by atoms with Crippen LogP contribution in [0.25, 0.3) is 0 Å². The lowest BCUT2D eigenvalue weighted by molar-refractivity contribution is -0.120. The summed E-state index contributed by atoms with van der Waals surface area (Å²) in [6, 6.07) is 0. The van der Waals surface area contributed by atoms with Crippen molar-refractivity contribution in [3.8, 4) is 0 Å². The highest BCUT2D eigenvalue weighted by Crippen LogP contribution is 2.64. The van der Waals surface area contributed by atoms with Crippen LogP contribution in [0.15, 0.2) is 35.3 Å². The van der Waals surface area contributed by atoms with Gasteiger partial charge in [0, 0.05) is 22.6 Å². The molecule has 0 bridgehead atoms. The fourth-order valence-electron chi connectivity index (χ4n) is 5.56. The highest BCUT2D eigenvalue weighted by Gasteiger charge is 2.63. The Morgan fingerprint density at radius 3 is 2.43 bits per heavy atom. The minimum absolute atomic E-state index is 0.0189. The molecular formula is C23H35NO4. The van der Waals surface area contributed by atoms with E-state index in [4.69, 9.17) is 5.73 Å². The standard InChI is InChI=1S/C21H29NO4.C2H6/c1-12-6-5-8-21(22)19(12,3)9-7-13(2)20(21,4)11-14-17(25)15(23)10-16(24)18(14)26;1-2/h10,13,23,26H,1,5-9,11,22H2,2-4H3;1-2H3. The molecule has 4 unspecified atom stereocenters. The average Bonchev–Trinajstić information content (AvgIpc) is 2.66. The third-order valence-electron chi connectivity index (χ3n) is 7.84. The van der Waals surface area contributed by atoms with Crippen molar-refractivity contribution in [2.75, 3.05) is 0 Å². The van der Waals surface area contributed by atoms with E-state index in [1.54, 1.807) is 0 Å². The predicted octanol–water partition coefficient (Wildman–Crippen LogP) is 4.69. The van der Waals surface area contributed by atoms with Crippen molar-refractivity contribution in [2.24, 2.45) is 22.5 Å². The molecule has 0 saturated heterocycles. The van der Waals surface area contributed by atoms with Gasteiger partial charge in [0.2, 0.25) is 11.6 Å². The number of hydrogen-bond donors (Lipinski definition) is 3. The number of fused-ring (bicyclic) bond motifs is 1. The Morgan fingerprint density at radius 2 is 1.82 bits per heavy atom. The Morgan fingerprint density at radius 1 is 1.21 bits per heavy atom. The zero-order valence-electron chi connectivity index (χ0n) is 17.9. The van der Waals surface area contributed by atoms with Crippen LogP contribution in [0, 0.1) is 16.7 Å². The second kappa shape index (κ2) is 7.51. The Labute approximate surface area is 168 Å². The maximum atomic E-state index is 12.5. The molecule has 4 N–H and O–H groups in total. The lowest BCUT2D eigenvalue weighted by Gasteiger charge is -2.65. The number of nitrogens with two attached hydrogens (primary N) is 1. The Hall–Kier alpha value is -1.88. The van der Waals surface area contributed by atoms with E-state index in [2.05, 4.69) is 27.4 Å². The van der Waals surface area contributed by atoms with Crippen LogP contribution in [0.1, 0.15) is 73.1 Å². The summed E-state index contributed by atoms with van der Waals surface area (Å²) in [4.78, 5) is 24.4. The van der Waals surface area contributed by atoms with Crippen LogP contribution in [0.2, 0.25) is 0 Å². The van der Waals surface area contributed by atoms with Gasteiger partial charge >= 0.3 is 0 Å². The van der Waals surface area contributed by atoms with Gasteiger partial charge in [0.05, 0.1) is 0 Å². The summed E-state index contributed by atoms with van der Waals surface area (Å²) in [5.41, 5.74) is 6.87. The van der Waals surface area contributed by atoms with Crippen molar-refractivity contribution in [2.45, 2.75) is 78.7 Å². The average molecular weight is 390 g/mol.